The van der Waals surface area contributed by atoms with E-state index in [1.807, 2.05) is 0 Å². The molecular formula is C8H14N3O3S. The second-order valence-electron chi connectivity index (χ2n) is 3.77. The third-order valence-corrected chi connectivity index (χ3v) is 4.45. The molecule has 1 radical (unpaired) electrons. The van der Waals surface area contributed by atoms with Crippen LogP contribution in [0.4, 0.5) is 4.79 Å². The van der Waals surface area contributed by atoms with E-state index in [1.165, 1.54) is 9.21 Å². The van der Waals surface area contributed by atoms with Gasteiger partial charge in [-0.05, 0) is 12.8 Å². The maximum atomic E-state index is 11.8. The van der Waals surface area contributed by atoms with E-state index in [2.05, 4.69) is 5.32 Å². The van der Waals surface area contributed by atoms with E-state index >= 15 is 0 Å². The Morgan fingerprint density at radius 2 is 1.87 bits per heavy atom. The van der Waals surface area contributed by atoms with E-state index in [0.29, 0.717) is 26.2 Å². The van der Waals surface area contributed by atoms with Gasteiger partial charge in [0.1, 0.15) is 5.88 Å². The van der Waals surface area contributed by atoms with Crippen molar-refractivity contribution in [3.05, 3.63) is 0 Å². The summed E-state index contributed by atoms with van der Waals surface area (Å²) in [5, 5.41) is 3.63. The van der Waals surface area contributed by atoms with Crippen LogP contribution in [0.1, 0.15) is 12.8 Å². The molecule has 0 atom stereocenters. The molecule has 15 heavy (non-hydrogen) atoms. The van der Waals surface area contributed by atoms with Gasteiger partial charge in [0.05, 0.1) is 6.54 Å². The number of urea groups is 1. The summed E-state index contributed by atoms with van der Waals surface area (Å²) in [5.74, 6) is -0.213. The highest BCUT2D eigenvalue weighted by molar-refractivity contribution is 7.89. The molecule has 2 heterocycles. The Labute approximate surface area is 89.3 Å². The van der Waals surface area contributed by atoms with Gasteiger partial charge < -0.3 is 4.90 Å². The molecule has 0 aromatic rings. The fraction of sp³-hybridized carbons (Fsp3) is 0.875. The highest BCUT2D eigenvalue weighted by Gasteiger charge is 2.31. The molecule has 0 unspecified atom stereocenters. The van der Waals surface area contributed by atoms with E-state index < -0.39 is 16.1 Å². The van der Waals surface area contributed by atoms with Crippen molar-refractivity contribution in [3.8, 4) is 0 Å². The molecule has 0 saturated carbocycles. The van der Waals surface area contributed by atoms with E-state index in [1.54, 1.807) is 0 Å². The van der Waals surface area contributed by atoms with Crippen LogP contribution in [0, 0.1) is 0 Å². The van der Waals surface area contributed by atoms with Crippen LogP contribution in [0.25, 0.3) is 0 Å². The van der Waals surface area contributed by atoms with Gasteiger partial charge in [0.25, 0.3) is 0 Å². The fourth-order valence-electron chi connectivity index (χ4n) is 1.83. The van der Waals surface area contributed by atoms with Gasteiger partial charge in [0.2, 0.25) is 10.0 Å². The third-order valence-electron chi connectivity index (χ3n) is 2.66. The van der Waals surface area contributed by atoms with Crippen LogP contribution in [0.2, 0.25) is 0 Å². The minimum Gasteiger partial charge on any atom is -0.306 e. The Kier molecular flexibility index (Phi) is 2.83. The van der Waals surface area contributed by atoms with Gasteiger partial charge in [0, 0.05) is 19.6 Å². The van der Waals surface area contributed by atoms with Gasteiger partial charge >= 0.3 is 6.03 Å². The first kappa shape index (κ1) is 10.7. The van der Waals surface area contributed by atoms with Crippen molar-refractivity contribution in [2.24, 2.45) is 0 Å². The SMILES string of the molecule is O=C1[N]CCN1CS(=O)(=O)N1CCCC1. The zero-order valence-corrected chi connectivity index (χ0v) is 9.24. The molecule has 2 saturated heterocycles. The van der Waals surface area contributed by atoms with Gasteiger partial charge in [-0.3, -0.25) is 0 Å². The maximum Gasteiger partial charge on any atom is 0.339 e. The van der Waals surface area contributed by atoms with E-state index in [9.17, 15) is 13.2 Å². The summed E-state index contributed by atoms with van der Waals surface area (Å²) in [4.78, 5) is 12.4. The molecule has 2 aliphatic rings. The minimum atomic E-state index is -3.30. The Balaban J connectivity index is 2.00. The molecule has 2 amide bonds. The Morgan fingerprint density at radius 3 is 2.40 bits per heavy atom. The summed E-state index contributed by atoms with van der Waals surface area (Å²) in [7, 11) is -3.30. The van der Waals surface area contributed by atoms with Crippen molar-refractivity contribution in [1.82, 2.24) is 14.5 Å². The smallest absolute Gasteiger partial charge is 0.306 e. The summed E-state index contributed by atoms with van der Waals surface area (Å²) in [6, 6.07) is -0.405. The quantitative estimate of drug-likeness (QED) is 0.653. The first-order valence-electron chi connectivity index (χ1n) is 5.04. The second-order valence-corrected chi connectivity index (χ2v) is 5.71. The lowest BCUT2D eigenvalue weighted by Gasteiger charge is -2.19. The third kappa shape index (κ3) is 2.23. The van der Waals surface area contributed by atoms with E-state index in [0.717, 1.165) is 12.8 Å². The number of rotatable bonds is 3. The highest BCUT2D eigenvalue weighted by Crippen LogP contribution is 2.14. The van der Waals surface area contributed by atoms with Gasteiger partial charge in [-0.2, -0.15) is 0 Å². The molecular weight excluding hydrogens is 218 g/mol. The zero-order chi connectivity index (χ0) is 10.9. The molecule has 0 aromatic carbocycles. The van der Waals surface area contributed by atoms with Crippen LogP contribution in [0.5, 0.6) is 0 Å². The van der Waals surface area contributed by atoms with Crippen molar-refractivity contribution in [2.45, 2.75) is 12.8 Å². The standard InChI is InChI=1S/C8H14N3O3S/c12-8-9-3-6-10(8)7-15(13,14)11-4-1-2-5-11/h1-7H2. The molecule has 0 aromatic heterocycles. The Bertz CT molecular complexity index is 348. The molecule has 2 fully saturated rings. The summed E-state index contributed by atoms with van der Waals surface area (Å²) in [5.41, 5.74) is 0. The van der Waals surface area contributed by atoms with Gasteiger partial charge in [-0.1, -0.05) is 0 Å². The van der Waals surface area contributed by atoms with Crippen LogP contribution in [0.3, 0.4) is 0 Å². The molecule has 2 rings (SSSR count). The van der Waals surface area contributed by atoms with Gasteiger partial charge in [-0.15, -0.1) is 0 Å². The first-order chi connectivity index (χ1) is 7.09. The molecule has 7 heteroatoms. The summed E-state index contributed by atoms with van der Waals surface area (Å²) in [6.07, 6.45) is 1.83. The summed E-state index contributed by atoms with van der Waals surface area (Å²) in [6.45, 7) is 2.00. The number of amides is 2. The monoisotopic (exact) mass is 232 g/mol. The lowest BCUT2D eigenvalue weighted by atomic mass is 10.4. The van der Waals surface area contributed by atoms with Crippen molar-refractivity contribution >= 4 is 16.1 Å². The highest BCUT2D eigenvalue weighted by atomic mass is 32.2. The largest absolute Gasteiger partial charge is 0.339 e. The summed E-state index contributed by atoms with van der Waals surface area (Å²) >= 11 is 0. The van der Waals surface area contributed by atoms with Crippen LogP contribution >= 0.6 is 0 Å². The minimum absolute atomic E-state index is 0.213. The van der Waals surface area contributed by atoms with Gasteiger partial charge in [0.15, 0.2) is 0 Å². The number of nitrogens with zero attached hydrogens (tertiary/aromatic N) is 3. The van der Waals surface area contributed by atoms with Crippen LogP contribution in [0.15, 0.2) is 0 Å². The van der Waals surface area contributed by atoms with Crippen LogP contribution < -0.4 is 5.32 Å². The molecule has 0 spiro atoms. The molecule has 85 valence electrons. The molecule has 0 aliphatic carbocycles. The normalized spacial score (nSPS) is 23.5. The predicted molar refractivity (Wildman–Crippen MR) is 53.7 cm³/mol. The van der Waals surface area contributed by atoms with Gasteiger partial charge in [-0.25, -0.2) is 22.8 Å². The van der Waals surface area contributed by atoms with E-state index in [4.69, 9.17) is 0 Å². The Morgan fingerprint density at radius 1 is 1.20 bits per heavy atom. The zero-order valence-electron chi connectivity index (χ0n) is 8.42. The average molecular weight is 232 g/mol. The van der Waals surface area contributed by atoms with Crippen LogP contribution in [-0.4, -0.2) is 55.7 Å². The topological polar surface area (TPSA) is 71.8 Å². The number of carbonyl (C=O) groups excluding carboxylic acids is 1. The molecule has 6 nitrogen and oxygen atoms in total. The molecule has 2 aliphatic heterocycles. The van der Waals surface area contributed by atoms with Crippen molar-refractivity contribution in [3.63, 3.8) is 0 Å². The number of hydrogen-bond donors (Lipinski definition) is 0. The lowest BCUT2D eigenvalue weighted by Crippen LogP contribution is -2.39. The van der Waals surface area contributed by atoms with E-state index in [-0.39, 0.29) is 5.88 Å². The average Bonchev–Trinajstić information content (AvgIpc) is 2.77. The van der Waals surface area contributed by atoms with Crippen LogP contribution in [-0.2, 0) is 10.0 Å². The van der Waals surface area contributed by atoms with Crippen molar-refractivity contribution < 1.29 is 13.2 Å². The molecule has 0 bridgehead atoms. The lowest BCUT2D eigenvalue weighted by molar-refractivity contribution is 0.222. The number of sulfonamides is 1. The second kappa shape index (κ2) is 3.97. The fourth-order valence-corrected chi connectivity index (χ4v) is 3.44. The number of carbonyl (C=O) groups is 1. The molecule has 0 N–H and O–H groups in total. The number of hydrogen-bond acceptors (Lipinski definition) is 3. The predicted octanol–water partition coefficient (Wildman–Crippen LogP) is -0.590. The van der Waals surface area contributed by atoms with Crippen molar-refractivity contribution in [2.75, 3.05) is 32.1 Å². The van der Waals surface area contributed by atoms with Crippen molar-refractivity contribution in [1.29, 1.82) is 0 Å². The Hall–Kier alpha value is -0.820. The first-order valence-corrected chi connectivity index (χ1v) is 6.65. The maximum absolute atomic E-state index is 11.8. The summed E-state index contributed by atoms with van der Waals surface area (Å²) < 4.78 is 25.1.